The molecule has 2 aromatic carbocycles. The van der Waals surface area contributed by atoms with Gasteiger partial charge in [0.1, 0.15) is 17.2 Å². The molecule has 3 rings (SSSR count). The Morgan fingerprint density at radius 3 is 2.41 bits per heavy atom. The van der Waals surface area contributed by atoms with Gasteiger partial charge in [0, 0.05) is 17.1 Å². The molecule has 0 aliphatic heterocycles. The monoisotopic (exact) mass is 399 g/mol. The number of nitrogens with one attached hydrogen (secondary N) is 2. The van der Waals surface area contributed by atoms with Crippen LogP contribution in [0.4, 0.5) is 25.1 Å². The molecular weight excluding hydrogens is 387 g/mol. The number of hydrogen-bond donors (Lipinski definition) is 3. The van der Waals surface area contributed by atoms with E-state index in [-0.39, 0.29) is 18.2 Å². The Morgan fingerprint density at radius 1 is 1.07 bits per heavy atom. The van der Waals surface area contributed by atoms with Crippen LogP contribution < -0.4 is 20.5 Å². The van der Waals surface area contributed by atoms with E-state index in [0.717, 1.165) is 12.1 Å². The van der Waals surface area contributed by atoms with Crippen molar-refractivity contribution >= 4 is 23.5 Å². The molecular formula is C16H13ClF3N5O2. The number of nitrogens with two attached hydrogens (primary N) is 1. The highest BCUT2D eigenvalue weighted by molar-refractivity contribution is 6.31. The molecule has 7 nitrogen and oxygen atoms in total. The molecule has 0 unspecified atom stereocenters. The SMILES string of the molecule is Nc1nnc(NCc2c(Cl)cccc2Oc2ccc(OC(F)(F)F)cc2)[nH]1. The maximum atomic E-state index is 12.2. The van der Waals surface area contributed by atoms with Gasteiger partial charge in [-0.15, -0.1) is 23.4 Å². The van der Waals surface area contributed by atoms with Crippen LogP contribution in [0.3, 0.4) is 0 Å². The van der Waals surface area contributed by atoms with Gasteiger partial charge < -0.3 is 20.5 Å². The fraction of sp³-hybridized carbons (Fsp3) is 0.125. The third kappa shape index (κ3) is 5.17. The summed E-state index contributed by atoms with van der Waals surface area (Å²) in [7, 11) is 0. The summed E-state index contributed by atoms with van der Waals surface area (Å²) in [6.07, 6.45) is -4.75. The Hall–Kier alpha value is -3.14. The largest absolute Gasteiger partial charge is 0.573 e. The molecule has 0 saturated carbocycles. The molecule has 1 aromatic heterocycles. The minimum atomic E-state index is -4.75. The van der Waals surface area contributed by atoms with Gasteiger partial charge in [0.2, 0.25) is 11.9 Å². The zero-order chi connectivity index (χ0) is 19.4. The number of rotatable bonds is 6. The first-order valence-electron chi connectivity index (χ1n) is 7.53. The van der Waals surface area contributed by atoms with E-state index in [2.05, 4.69) is 25.2 Å². The zero-order valence-corrected chi connectivity index (χ0v) is 14.3. The first-order valence-corrected chi connectivity index (χ1v) is 7.91. The number of nitrogens with zero attached hydrogens (tertiary/aromatic N) is 2. The lowest BCUT2D eigenvalue weighted by Crippen LogP contribution is -2.16. The van der Waals surface area contributed by atoms with Gasteiger partial charge in [-0.05, 0) is 36.4 Å². The van der Waals surface area contributed by atoms with E-state index in [9.17, 15) is 13.2 Å². The Labute approximate surface area is 156 Å². The number of ether oxygens (including phenoxy) is 2. The van der Waals surface area contributed by atoms with Crippen LogP contribution in [0.15, 0.2) is 42.5 Å². The Morgan fingerprint density at radius 2 is 1.78 bits per heavy atom. The normalized spacial score (nSPS) is 11.3. The van der Waals surface area contributed by atoms with E-state index in [1.54, 1.807) is 18.2 Å². The Balaban J connectivity index is 1.73. The van der Waals surface area contributed by atoms with Crippen LogP contribution in [0.2, 0.25) is 5.02 Å². The van der Waals surface area contributed by atoms with Crippen molar-refractivity contribution in [2.75, 3.05) is 11.1 Å². The third-order valence-corrected chi connectivity index (χ3v) is 3.65. The first kappa shape index (κ1) is 18.6. The fourth-order valence-corrected chi connectivity index (χ4v) is 2.40. The fourth-order valence-electron chi connectivity index (χ4n) is 2.17. The van der Waals surface area contributed by atoms with Crippen LogP contribution in [-0.4, -0.2) is 21.5 Å². The van der Waals surface area contributed by atoms with E-state index in [1.807, 2.05) is 0 Å². The molecule has 27 heavy (non-hydrogen) atoms. The molecule has 142 valence electrons. The maximum Gasteiger partial charge on any atom is 0.573 e. The number of H-pyrrole nitrogens is 1. The summed E-state index contributed by atoms with van der Waals surface area (Å²) in [4.78, 5) is 2.71. The lowest BCUT2D eigenvalue weighted by Gasteiger charge is -2.14. The maximum absolute atomic E-state index is 12.2. The van der Waals surface area contributed by atoms with Gasteiger partial charge >= 0.3 is 6.36 Å². The number of hydrogen-bond acceptors (Lipinski definition) is 6. The first-order chi connectivity index (χ1) is 12.8. The molecule has 0 radical (unpaired) electrons. The smallest absolute Gasteiger partial charge is 0.457 e. The molecule has 0 aliphatic carbocycles. The summed E-state index contributed by atoms with van der Waals surface area (Å²) in [6.45, 7) is 0.249. The molecule has 0 atom stereocenters. The number of halogens is 4. The summed E-state index contributed by atoms with van der Waals surface area (Å²) < 4.78 is 46.2. The van der Waals surface area contributed by atoms with E-state index >= 15 is 0 Å². The van der Waals surface area contributed by atoms with Crippen LogP contribution in [-0.2, 0) is 6.54 Å². The zero-order valence-electron chi connectivity index (χ0n) is 13.5. The molecule has 11 heteroatoms. The van der Waals surface area contributed by atoms with Crippen molar-refractivity contribution in [3.63, 3.8) is 0 Å². The second kappa shape index (κ2) is 7.62. The van der Waals surface area contributed by atoms with Crippen LogP contribution in [0.1, 0.15) is 5.56 Å². The lowest BCUT2D eigenvalue weighted by atomic mass is 10.2. The molecule has 0 bridgehead atoms. The van der Waals surface area contributed by atoms with Crippen molar-refractivity contribution in [1.82, 2.24) is 15.2 Å². The van der Waals surface area contributed by atoms with E-state index in [4.69, 9.17) is 22.1 Å². The van der Waals surface area contributed by atoms with Crippen molar-refractivity contribution < 1.29 is 22.6 Å². The summed E-state index contributed by atoms with van der Waals surface area (Å²) in [5.41, 5.74) is 6.07. The number of aromatic nitrogens is 3. The number of alkyl halides is 3. The molecule has 3 aromatic rings. The van der Waals surface area contributed by atoms with Crippen molar-refractivity contribution in [3.8, 4) is 17.2 Å². The van der Waals surface area contributed by atoms with Gasteiger partial charge in [-0.2, -0.15) is 0 Å². The molecule has 0 aliphatic rings. The van der Waals surface area contributed by atoms with E-state index < -0.39 is 6.36 Å². The van der Waals surface area contributed by atoms with Gasteiger partial charge in [0.15, 0.2) is 0 Å². The minimum Gasteiger partial charge on any atom is -0.457 e. The van der Waals surface area contributed by atoms with Gasteiger partial charge in [0.05, 0.1) is 0 Å². The third-order valence-electron chi connectivity index (χ3n) is 3.30. The molecule has 0 fully saturated rings. The lowest BCUT2D eigenvalue weighted by molar-refractivity contribution is -0.274. The number of nitrogen functional groups attached to an aromatic ring is 1. The molecule has 4 N–H and O–H groups in total. The average molecular weight is 400 g/mol. The molecule has 0 saturated heterocycles. The predicted molar refractivity (Wildman–Crippen MR) is 92.8 cm³/mol. The summed E-state index contributed by atoms with van der Waals surface area (Å²) >= 11 is 6.23. The van der Waals surface area contributed by atoms with Crippen molar-refractivity contribution in [2.24, 2.45) is 0 Å². The number of anilines is 2. The standard InChI is InChI=1S/C16H13ClF3N5O2/c17-12-2-1-3-13(11(12)8-22-15-23-14(21)24-25-15)26-9-4-6-10(7-5-9)27-16(18,19)20/h1-7H,8H2,(H4,21,22,23,24,25). The summed E-state index contributed by atoms with van der Waals surface area (Å²) in [5.74, 6) is 0.913. The minimum absolute atomic E-state index is 0.161. The summed E-state index contributed by atoms with van der Waals surface area (Å²) in [5, 5.41) is 10.8. The van der Waals surface area contributed by atoms with Crippen LogP contribution in [0.5, 0.6) is 17.2 Å². The molecule has 0 spiro atoms. The molecule has 1 heterocycles. The van der Waals surface area contributed by atoms with Crippen LogP contribution >= 0.6 is 11.6 Å². The van der Waals surface area contributed by atoms with Gasteiger partial charge in [-0.1, -0.05) is 17.7 Å². The van der Waals surface area contributed by atoms with Crippen LogP contribution in [0, 0.1) is 0 Å². The quantitative estimate of drug-likeness (QED) is 0.570. The average Bonchev–Trinajstić information content (AvgIpc) is 3.00. The molecule has 0 amide bonds. The van der Waals surface area contributed by atoms with Crippen molar-refractivity contribution in [1.29, 1.82) is 0 Å². The van der Waals surface area contributed by atoms with Crippen LogP contribution in [0.25, 0.3) is 0 Å². The highest BCUT2D eigenvalue weighted by Crippen LogP contribution is 2.32. The van der Waals surface area contributed by atoms with E-state index in [1.165, 1.54) is 12.1 Å². The Bertz CT molecular complexity index is 915. The van der Waals surface area contributed by atoms with Gasteiger partial charge in [0.25, 0.3) is 0 Å². The highest BCUT2D eigenvalue weighted by Gasteiger charge is 2.31. The predicted octanol–water partition coefficient (Wildman–Crippen LogP) is 4.34. The second-order valence-corrected chi connectivity index (χ2v) is 5.66. The van der Waals surface area contributed by atoms with Crippen molar-refractivity contribution in [3.05, 3.63) is 53.1 Å². The van der Waals surface area contributed by atoms with Gasteiger partial charge in [-0.25, -0.2) is 0 Å². The number of aromatic amines is 1. The van der Waals surface area contributed by atoms with E-state index in [0.29, 0.717) is 28.0 Å². The summed E-state index contributed by atoms with van der Waals surface area (Å²) in [6, 6.07) is 10.1. The highest BCUT2D eigenvalue weighted by atomic mass is 35.5. The van der Waals surface area contributed by atoms with Gasteiger partial charge in [-0.3, -0.25) is 4.98 Å². The number of benzene rings is 2. The second-order valence-electron chi connectivity index (χ2n) is 5.25. The van der Waals surface area contributed by atoms with Crippen molar-refractivity contribution in [2.45, 2.75) is 12.9 Å². The Kier molecular flexibility index (Phi) is 5.26. The topological polar surface area (TPSA) is 98.1 Å².